The molecule has 1 unspecified atom stereocenters. The molecule has 1 aliphatic carbocycles. The predicted molar refractivity (Wildman–Crippen MR) is 82.6 cm³/mol. The Kier molecular flexibility index (Phi) is 5.21. The van der Waals surface area contributed by atoms with Gasteiger partial charge in [0, 0.05) is 5.92 Å². The van der Waals surface area contributed by atoms with Crippen LogP contribution in [0.3, 0.4) is 0 Å². The van der Waals surface area contributed by atoms with Gasteiger partial charge in [0.05, 0.1) is 5.75 Å². The van der Waals surface area contributed by atoms with E-state index < -0.39 is 5.97 Å². The Morgan fingerprint density at radius 3 is 2.86 bits per heavy atom. The third-order valence-electron chi connectivity index (χ3n) is 3.78. The van der Waals surface area contributed by atoms with Crippen molar-refractivity contribution >= 4 is 40.1 Å². The summed E-state index contributed by atoms with van der Waals surface area (Å²) in [6.07, 6.45) is 4.21. The molecule has 0 saturated heterocycles. The molecule has 1 aromatic rings. The lowest BCUT2D eigenvalue weighted by molar-refractivity contribution is -0.134. The topological polar surface area (TPSA) is 92.2 Å². The molecule has 1 fully saturated rings. The van der Waals surface area contributed by atoms with Gasteiger partial charge in [-0.05, 0) is 18.3 Å². The van der Waals surface area contributed by atoms with Crippen molar-refractivity contribution in [2.75, 3.05) is 11.1 Å². The van der Waals surface area contributed by atoms with Gasteiger partial charge in [0.1, 0.15) is 0 Å². The first-order valence-corrected chi connectivity index (χ1v) is 8.67. The molecule has 1 heterocycles. The van der Waals surface area contributed by atoms with E-state index in [0.717, 1.165) is 31.0 Å². The van der Waals surface area contributed by atoms with Gasteiger partial charge in [0.25, 0.3) is 0 Å². The highest BCUT2D eigenvalue weighted by atomic mass is 32.2. The Morgan fingerprint density at radius 2 is 2.19 bits per heavy atom. The van der Waals surface area contributed by atoms with Crippen molar-refractivity contribution in [1.82, 2.24) is 10.2 Å². The summed E-state index contributed by atoms with van der Waals surface area (Å²) in [5.41, 5.74) is 0.00785. The summed E-state index contributed by atoms with van der Waals surface area (Å²) >= 11 is 2.32. The molecule has 21 heavy (non-hydrogen) atoms. The Hall–Kier alpha value is -1.15. The quantitative estimate of drug-likeness (QED) is 0.637. The van der Waals surface area contributed by atoms with E-state index in [2.05, 4.69) is 29.4 Å². The average Bonchev–Trinajstić information content (AvgIpc) is 2.83. The van der Waals surface area contributed by atoms with E-state index in [0.29, 0.717) is 9.47 Å². The van der Waals surface area contributed by atoms with Crippen molar-refractivity contribution in [3.05, 3.63) is 0 Å². The van der Waals surface area contributed by atoms with Crippen molar-refractivity contribution in [2.45, 2.75) is 43.9 Å². The summed E-state index contributed by atoms with van der Waals surface area (Å²) in [7, 11) is 0. The lowest BCUT2D eigenvalue weighted by atomic mass is 9.68. The van der Waals surface area contributed by atoms with Crippen molar-refractivity contribution in [1.29, 1.82) is 0 Å². The lowest BCUT2D eigenvalue weighted by Crippen LogP contribution is -2.37. The minimum Gasteiger partial charge on any atom is -0.481 e. The molecular formula is C13H19N3O3S2. The number of nitrogens with zero attached hydrogens (tertiary/aromatic N) is 2. The molecule has 6 nitrogen and oxygen atoms in total. The Balaban J connectivity index is 1.94. The molecule has 0 spiro atoms. The molecule has 0 radical (unpaired) electrons. The molecule has 1 aromatic heterocycles. The van der Waals surface area contributed by atoms with Crippen molar-refractivity contribution in [3.8, 4) is 0 Å². The van der Waals surface area contributed by atoms with Gasteiger partial charge >= 0.3 is 5.97 Å². The summed E-state index contributed by atoms with van der Waals surface area (Å²) in [5, 5.41) is 19.7. The number of aromatic nitrogens is 2. The maximum atomic E-state index is 12.4. The number of thioether (sulfide) groups is 1. The second-order valence-corrected chi connectivity index (χ2v) is 8.03. The highest BCUT2D eigenvalue weighted by Gasteiger charge is 2.37. The number of hydrogen-bond acceptors (Lipinski definition) is 6. The van der Waals surface area contributed by atoms with Crippen LogP contribution in [-0.4, -0.2) is 32.9 Å². The molecule has 1 atom stereocenters. The molecule has 116 valence electrons. The molecule has 0 aliphatic heterocycles. The van der Waals surface area contributed by atoms with E-state index in [1.165, 1.54) is 17.8 Å². The van der Waals surface area contributed by atoms with Crippen LogP contribution < -0.4 is 5.32 Å². The van der Waals surface area contributed by atoms with E-state index >= 15 is 0 Å². The lowest BCUT2D eigenvalue weighted by Gasteiger charge is -2.37. The van der Waals surface area contributed by atoms with Crippen molar-refractivity contribution in [3.63, 3.8) is 0 Å². The second kappa shape index (κ2) is 6.74. The van der Waals surface area contributed by atoms with Gasteiger partial charge in [-0.25, -0.2) is 0 Å². The van der Waals surface area contributed by atoms with Crippen LogP contribution in [0.5, 0.6) is 0 Å². The molecule has 0 aromatic carbocycles. The summed E-state index contributed by atoms with van der Waals surface area (Å²) < 4.78 is 0.551. The zero-order chi connectivity index (χ0) is 15.5. The predicted octanol–water partition coefficient (Wildman–Crippen LogP) is 2.87. The van der Waals surface area contributed by atoms with Crippen LogP contribution in [0.2, 0.25) is 0 Å². The van der Waals surface area contributed by atoms with Crippen LogP contribution in [0.4, 0.5) is 5.13 Å². The molecule has 1 saturated carbocycles. The first-order chi connectivity index (χ1) is 9.88. The number of carbonyl (C=O) groups excluding carboxylic acids is 1. The summed E-state index contributed by atoms with van der Waals surface area (Å²) in [6, 6.07) is 0. The molecular weight excluding hydrogens is 310 g/mol. The highest BCUT2D eigenvalue weighted by Crippen LogP contribution is 2.41. The minimum atomic E-state index is -0.898. The highest BCUT2D eigenvalue weighted by molar-refractivity contribution is 8.01. The van der Waals surface area contributed by atoms with E-state index in [-0.39, 0.29) is 23.0 Å². The summed E-state index contributed by atoms with van der Waals surface area (Å²) in [6.45, 7) is 4.26. The van der Waals surface area contributed by atoms with Crippen LogP contribution in [-0.2, 0) is 9.59 Å². The number of carboxylic acids is 1. The standard InChI is InChI=1S/C13H19N3O3S2/c1-13(2)6-4-3-5-8(13)10(19)14-11-15-16-12(21-11)20-7-9(17)18/h8H,3-7H2,1-2H3,(H,17,18)(H,14,15,19). The van der Waals surface area contributed by atoms with Gasteiger partial charge < -0.3 is 10.4 Å². The Morgan fingerprint density at radius 1 is 1.43 bits per heavy atom. The van der Waals surface area contributed by atoms with E-state index in [4.69, 9.17) is 5.11 Å². The molecule has 0 bridgehead atoms. The average molecular weight is 329 g/mol. The smallest absolute Gasteiger partial charge is 0.313 e. The normalized spacial score (nSPS) is 21.0. The van der Waals surface area contributed by atoms with Gasteiger partial charge in [-0.3, -0.25) is 9.59 Å². The molecule has 1 aliphatic rings. The third kappa shape index (κ3) is 4.41. The van der Waals surface area contributed by atoms with Gasteiger partial charge in [0.2, 0.25) is 11.0 Å². The fourth-order valence-electron chi connectivity index (χ4n) is 2.61. The monoisotopic (exact) mass is 329 g/mol. The third-order valence-corrected chi connectivity index (χ3v) is 5.74. The number of nitrogens with one attached hydrogen (secondary N) is 1. The van der Waals surface area contributed by atoms with Crippen LogP contribution in [0, 0.1) is 11.3 Å². The van der Waals surface area contributed by atoms with Gasteiger partial charge in [-0.1, -0.05) is 49.8 Å². The maximum Gasteiger partial charge on any atom is 0.313 e. The van der Waals surface area contributed by atoms with Crippen molar-refractivity contribution in [2.24, 2.45) is 11.3 Å². The van der Waals surface area contributed by atoms with E-state index in [9.17, 15) is 9.59 Å². The van der Waals surface area contributed by atoms with E-state index in [1.807, 2.05) is 0 Å². The number of aliphatic carboxylic acids is 1. The van der Waals surface area contributed by atoms with Crippen LogP contribution in [0.25, 0.3) is 0 Å². The summed E-state index contributed by atoms with van der Waals surface area (Å²) in [5.74, 6) is -0.973. The fraction of sp³-hybridized carbons (Fsp3) is 0.692. The van der Waals surface area contributed by atoms with Gasteiger partial charge in [-0.2, -0.15) is 0 Å². The number of rotatable bonds is 5. The number of hydrogen-bond donors (Lipinski definition) is 2. The van der Waals surface area contributed by atoms with Crippen LogP contribution in [0.1, 0.15) is 39.5 Å². The Labute approximate surface area is 131 Å². The molecule has 1 amide bonds. The SMILES string of the molecule is CC1(C)CCCCC1C(=O)Nc1nnc(SCC(=O)O)s1. The van der Waals surface area contributed by atoms with E-state index in [1.54, 1.807) is 0 Å². The largest absolute Gasteiger partial charge is 0.481 e. The molecule has 2 N–H and O–H groups in total. The molecule has 8 heteroatoms. The summed E-state index contributed by atoms with van der Waals surface area (Å²) in [4.78, 5) is 22.9. The number of amides is 1. The first kappa shape index (κ1) is 16.2. The second-order valence-electron chi connectivity index (χ2n) is 5.83. The maximum absolute atomic E-state index is 12.4. The Bertz CT molecular complexity index is 530. The fourth-order valence-corrected chi connectivity index (χ4v) is 4.09. The zero-order valence-corrected chi connectivity index (χ0v) is 13.7. The first-order valence-electron chi connectivity index (χ1n) is 6.87. The minimum absolute atomic E-state index is 0.00785. The number of anilines is 1. The zero-order valence-electron chi connectivity index (χ0n) is 12.1. The number of carboxylic acid groups (broad SMARTS) is 1. The molecule has 2 rings (SSSR count). The van der Waals surface area contributed by atoms with Crippen molar-refractivity contribution < 1.29 is 14.7 Å². The number of carbonyl (C=O) groups is 2. The van der Waals surface area contributed by atoms with Crippen LogP contribution >= 0.6 is 23.1 Å². The van der Waals surface area contributed by atoms with Crippen LogP contribution in [0.15, 0.2) is 4.34 Å². The van der Waals surface area contributed by atoms with Gasteiger partial charge in [0.15, 0.2) is 4.34 Å². The van der Waals surface area contributed by atoms with Gasteiger partial charge in [-0.15, -0.1) is 10.2 Å².